The Hall–Kier alpha value is -2.35. The van der Waals surface area contributed by atoms with Crippen LogP contribution in [0.1, 0.15) is 22.3 Å². The zero-order valence-electron chi connectivity index (χ0n) is 12.6. The highest BCUT2D eigenvalue weighted by molar-refractivity contribution is 5.91. The Morgan fingerprint density at radius 2 is 1.67 bits per heavy atom. The van der Waals surface area contributed by atoms with Crippen molar-refractivity contribution >= 4 is 12.0 Å². The van der Waals surface area contributed by atoms with Crippen LogP contribution in [0.5, 0.6) is 0 Å². The fourth-order valence-electron chi connectivity index (χ4n) is 2.21. The number of hydrogen-bond acceptors (Lipinski definition) is 1. The molecule has 0 radical (unpaired) electrons. The maximum atomic E-state index is 11.8. The molecule has 0 aliphatic rings. The number of benzene rings is 2. The van der Waals surface area contributed by atoms with Gasteiger partial charge in [-0.15, -0.1) is 0 Å². The van der Waals surface area contributed by atoms with Crippen LogP contribution in [0.4, 0.5) is 0 Å². The lowest BCUT2D eigenvalue weighted by molar-refractivity contribution is -0.116. The van der Waals surface area contributed by atoms with Crippen molar-refractivity contribution in [2.24, 2.45) is 0 Å². The van der Waals surface area contributed by atoms with E-state index >= 15 is 0 Å². The van der Waals surface area contributed by atoms with E-state index in [-0.39, 0.29) is 5.91 Å². The number of carbonyl (C=O) groups excluding carboxylic acids is 1. The van der Waals surface area contributed by atoms with Gasteiger partial charge in [0, 0.05) is 12.6 Å². The van der Waals surface area contributed by atoms with Gasteiger partial charge in [0.05, 0.1) is 0 Å². The van der Waals surface area contributed by atoms with Crippen LogP contribution in [-0.4, -0.2) is 12.5 Å². The van der Waals surface area contributed by atoms with E-state index in [9.17, 15) is 4.79 Å². The summed E-state index contributed by atoms with van der Waals surface area (Å²) in [7, 11) is 0. The van der Waals surface area contributed by atoms with Crippen LogP contribution < -0.4 is 5.32 Å². The Morgan fingerprint density at radius 3 is 2.38 bits per heavy atom. The number of carbonyl (C=O) groups is 1. The average molecular weight is 279 g/mol. The fourth-order valence-corrected chi connectivity index (χ4v) is 2.21. The Kier molecular flexibility index (Phi) is 5.33. The molecule has 0 heterocycles. The standard InChI is InChI=1S/C19H21NO/c1-15-7-3-5-9-17(15)11-12-19(21)20-14-13-18-10-6-4-8-16(18)2/h3-12H,13-14H2,1-2H3,(H,20,21)/b12-11+. The van der Waals surface area contributed by atoms with Crippen LogP contribution in [0.15, 0.2) is 54.6 Å². The molecule has 0 bridgehead atoms. The molecule has 2 nitrogen and oxygen atoms in total. The molecule has 108 valence electrons. The van der Waals surface area contributed by atoms with E-state index in [2.05, 4.69) is 24.4 Å². The van der Waals surface area contributed by atoms with Gasteiger partial charge in [-0.3, -0.25) is 4.79 Å². The highest BCUT2D eigenvalue weighted by Crippen LogP contribution is 2.09. The molecule has 2 rings (SSSR count). The topological polar surface area (TPSA) is 29.1 Å². The van der Waals surface area contributed by atoms with Gasteiger partial charge in [0.2, 0.25) is 5.91 Å². The zero-order valence-corrected chi connectivity index (χ0v) is 12.6. The summed E-state index contributed by atoms with van der Waals surface area (Å²) in [6, 6.07) is 16.3. The van der Waals surface area contributed by atoms with Gasteiger partial charge >= 0.3 is 0 Å². The molecule has 1 amide bonds. The predicted octanol–water partition coefficient (Wildman–Crippen LogP) is 3.68. The summed E-state index contributed by atoms with van der Waals surface area (Å²) in [5.41, 5.74) is 4.79. The maximum absolute atomic E-state index is 11.8. The van der Waals surface area contributed by atoms with Crippen molar-refractivity contribution in [2.75, 3.05) is 6.54 Å². The SMILES string of the molecule is Cc1ccccc1/C=C/C(=O)NCCc1ccccc1C. The maximum Gasteiger partial charge on any atom is 0.244 e. The van der Waals surface area contributed by atoms with Crippen LogP contribution in [0, 0.1) is 13.8 Å². The van der Waals surface area contributed by atoms with Crippen LogP contribution in [-0.2, 0) is 11.2 Å². The quantitative estimate of drug-likeness (QED) is 0.831. The molecule has 0 saturated carbocycles. The van der Waals surface area contributed by atoms with E-state index in [0.29, 0.717) is 6.54 Å². The highest BCUT2D eigenvalue weighted by atomic mass is 16.1. The van der Waals surface area contributed by atoms with E-state index in [1.165, 1.54) is 16.7 Å². The minimum absolute atomic E-state index is 0.0492. The van der Waals surface area contributed by atoms with E-state index in [4.69, 9.17) is 0 Å². The molecule has 0 saturated heterocycles. The normalized spacial score (nSPS) is 10.8. The minimum Gasteiger partial charge on any atom is -0.352 e. The van der Waals surface area contributed by atoms with Crippen LogP contribution in [0.25, 0.3) is 6.08 Å². The van der Waals surface area contributed by atoms with Crippen molar-refractivity contribution in [1.29, 1.82) is 0 Å². The van der Waals surface area contributed by atoms with E-state index in [0.717, 1.165) is 12.0 Å². The predicted molar refractivity (Wildman–Crippen MR) is 88.1 cm³/mol. The van der Waals surface area contributed by atoms with Crippen molar-refractivity contribution in [1.82, 2.24) is 5.32 Å². The molecule has 0 aliphatic carbocycles. The number of aryl methyl sites for hydroxylation is 2. The van der Waals surface area contributed by atoms with Crippen molar-refractivity contribution in [2.45, 2.75) is 20.3 Å². The molecule has 0 spiro atoms. The molecule has 0 atom stereocenters. The third-order valence-corrected chi connectivity index (χ3v) is 3.56. The molecule has 1 N–H and O–H groups in total. The Labute approximate surface area is 126 Å². The third kappa shape index (κ3) is 4.60. The second-order valence-electron chi connectivity index (χ2n) is 5.16. The molecule has 0 aromatic heterocycles. The summed E-state index contributed by atoms with van der Waals surface area (Å²) >= 11 is 0. The molecular formula is C19H21NO. The van der Waals surface area contributed by atoms with Gasteiger partial charge in [-0.2, -0.15) is 0 Å². The summed E-state index contributed by atoms with van der Waals surface area (Å²) in [6.07, 6.45) is 4.31. The van der Waals surface area contributed by atoms with E-state index in [1.807, 2.05) is 49.4 Å². The minimum atomic E-state index is -0.0492. The molecular weight excluding hydrogens is 258 g/mol. The first-order chi connectivity index (χ1) is 10.2. The average Bonchev–Trinajstić information content (AvgIpc) is 2.48. The summed E-state index contributed by atoms with van der Waals surface area (Å²) in [4.78, 5) is 11.8. The number of rotatable bonds is 5. The first kappa shape index (κ1) is 15.0. The third-order valence-electron chi connectivity index (χ3n) is 3.56. The summed E-state index contributed by atoms with van der Waals surface area (Å²) in [6.45, 7) is 4.78. The number of amides is 1. The lowest BCUT2D eigenvalue weighted by Crippen LogP contribution is -2.23. The molecule has 2 aromatic rings. The molecule has 0 unspecified atom stereocenters. The second-order valence-corrected chi connectivity index (χ2v) is 5.16. The van der Waals surface area contributed by atoms with Crippen molar-refractivity contribution in [3.05, 3.63) is 76.9 Å². The van der Waals surface area contributed by atoms with Crippen LogP contribution in [0.3, 0.4) is 0 Å². The van der Waals surface area contributed by atoms with Gasteiger partial charge in [0.15, 0.2) is 0 Å². The van der Waals surface area contributed by atoms with Crippen LogP contribution >= 0.6 is 0 Å². The Bertz CT molecular complexity index is 644. The van der Waals surface area contributed by atoms with Crippen molar-refractivity contribution < 1.29 is 4.79 Å². The summed E-state index contributed by atoms with van der Waals surface area (Å²) in [5, 5.41) is 2.92. The van der Waals surface area contributed by atoms with Crippen molar-refractivity contribution in [3.63, 3.8) is 0 Å². The lowest BCUT2D eigenvalue weighted by atomic mass is 10.1. The monoisotopic (exact) mass is 279 g/mol. The fraction of sp³-hybridized carbons (Fsp3) is 0.211. The first-order valence-corrected chi connectivity index (χ1v) is 7.23. The Balaban J connectivity index is 1.83. The van der Waals surface area contributed by atoms with Gasteiger partial charge in [0.25, 0.3) is 0 Å². The van der Waals surface area contributed by atoms with Gasteiger partial charge in [-0.1, -0.05) is 48.5 Å². The lowest BCUT2D eigenvalue weighted by Gasteiger charge is -2.06. The van der Waals surface area contributed by atoms with Gasteiger partial charge in [0.1, 0.15) is 0 Å². The van der Waals surface area contributed by atoms with E-state index in [1.54, 1.807) is 6.08 Å². The van der Waals surface area contributed by atoms with Gasteiger partial charge in [-0.25, -0.2) is 0 Å². The first-order valence-electron chi connectivity index (χ1n) is 7.23. The smallest absolute Gasteiger partial charge is 0.244 e. The summed E-state index contributed by atoms with van der Waals surface area (Å²) < 4.78 is 0. The molecule has 0 fully saturated rings. The number of nitrogens with one attached hydrogen (secondary N) is 1. The zero-order chi connectivity index (χ0) is 15.1. The summed E-state index contributed by atoms with van der Waals surface area (Å²) in [5.74, 6) is -0.0492. The molecule has 21 heavy (non-hydrogen) atoms. The number of hydrogen-bond donors (Lipinski definition) is 1. The van der Waals surface area contributed by atoms with Gasteiger partial charge < -0.3 is 5.32 Å². The van der Waals surface area contributed by atoms with E-state index < -0.39 is 0 Å². The molecule has 2 aromatic carbocycles. The molecule has 2 heteroatoms. The highest BCUT2D eigenvalue weighted by Gasteiger charge is 1.99. The second kappa shape index (κ2) is 7.44. The molecule has 0 aliphatic heterocycles. The van der Waals surface area contributed by atoms with Gasteiger partial charge in [-0.05, 0) is 48.6 Å². The largest absolute Gasteiger partial charge is 0.352 e. The van der Waals surface area contributed by atoms with Crippen molar-refractivity contribution in [3.8, 4) is 0 Å². The Morgan fingerprint density at radius 1 is 1.00 bits per heavy atom. The van der Waals surface area contributed by atoms with Crippen LogP contribution in [0.2, 0.25) is 0 Å².